The Morgan fingerprint density at radius 1 is 1.39 bits per heavy atom. The molecule has 0 spiro atoms. The van der Waals surface area contributed by atoms with Crippen LogP contribution in [0.3, 0.4) is 0 Å². The predicted octanol–water partition coefficient (Wildman–Crippen LogP) is 4.45. The van der Waals surface area contributed by atoms with Gasteiger partial charge in [0.05, 0.1) is 0 Å². The highest BCUT2D eigenvalue weighted by atomic mass is 35.5. The maximum atomic E-state index is 12.6. The van der Waals surface area contributed by atoms with Gasteiger partial charge in [0, 0.05) is 40.1 Å². The van der Waals surface area contributed by atoms with Gasteiger partial charge in [-0.1, -0.05) is 38.4 Å². The fourth-order valence-corrected chi connectivity index (χ4v) is 2.23. The van der Waals surface area contributed by atoms with Gasteiger partial charge in [-0.3, -0.25) is 4.79 Å². The van der Waals surface area contributed by atoms with E-state index in [0.29, 0.717) is 5.02 Å². The van der Waals surface area contributed by atoms with E-state index in [4.69, 9.17) is 11.6 Å². The van der Waals surface area contributed by atoms with Gasteiger partial charge in [0.1, 0.15) is 0 Å². The fraction of sp³-hybridized carbons (Fsp3) is 0.400. The molecular weight excluding hydrogens is 246 g/mol. The van der Waals surface area contributed by atoms with Crippen LogP contribution >= 0.6 is 11.6 Å². The highest BCUT2D eigenvalue weighted by Crippen LogP contribution is 2.31. The molecule has 1 aromatic heterocycles. The molecule has 96 valence electrons. The largest absolute Gasteiger partial charge is 0.350 e. The molecule has 0 saturated carbocycles. The minimum atomic E-state index is -0.325. The minimum Gasteiger partial charge on any atom is -0.350 e. The van der Waals surface area contributed by atoms with Crippen molar-refractivity contribution in [3.05, 3.63) is 35.0 Å². The second-order valence-corrected chi connectivity index (χ2v) is 5.82. The molecule has 0 unspecified atom stereocenters. The Balaban J connectivity index is 2.63. The highest BCUT2D eigenvalue weighted by Gasteiger charge is 2.28. The van der Waals surface area contributed by atoms with Crippen LogP contribution in [-0.2, 0) is 7.05 Å². The number of fused-ring (bicyclic) bond motifs is 1. The van der Waals surface area contributed by atoms with E-state index in [1.54, 1.807) is 0 Å². The van der Waals surface area contributed by atoms with Crippen molar-refractivity contribution in [2.24, 2.45) is 12.5 Å². The molecule has 0 N–H and O–H groups in total. The Hall–Kier alpha value is -1.28. The van der Waals surface area contributed by atoms with E-state index in [9.17, 15) is 4.79 Å². The average molecular weight is 264 g/mol. The monoisotopic (exact) mass is 263 g/mol. The molecule has 0 fully saturated rings. The highest BCUT2D eigenvalue weighted by molar-refractivity contribution is 6.31. The molecular formula is C15H18ClNO. The number of benzene rings is 1. The van der Waals surface area contributed by atoms with E-state index >= 15 is 0 Å². The first-order valence-corrected chi connectivity index (χ1v) is 6.54. The summed E-state index contributed by atoms with van der Waals surface area (Å²) in [5.74, 6) is 0.193. The van der Waals surface area contributed by atoms with Crippen LogP contribution in [0.5, 0.6) is 0 Å². The Labute approximate surface area is 113 Å². The van der Waals surface area contributed by atoms with E-state index < -0.39 is 0 Å². The molecule has 0 aliphatic carbocycles. The lowest BCUT2D eigenvalue weighted by Crippen LogP contribution is -2.23. The lowest BCUT2D eigenvalue weighted by molar-refractivity contribution is 0.0834. The third-order valence-electron chi connectivity index (χ3n) is 3.70. The van der Waals surface area contributed by atoms with Crippen molar-refractivity contribution in [3.8, 4) is 0 Å². The van der Waals surface area contributed by atoms with Crippen LogP contribution in [0.25, 0.3) is 10.9 Å². The third-order valence-corrected chi connectivity index (χ3v) is 3.93. The number of hydrogen-bond donors (Lipinski definition) is 0. The topological polar surface area (TPSA) is 22.0 Å². The van der Waals surface area contributed by atoms with E-state index in [1.807, 2.05) is 56.8 Å². The number of Topliss-reactive ketones (excluding diaryl/α,β-unsaturated/α-hetero) is 1. The molecule has 0 bridgehead atoms. The van der Waals surface area contributed by atoms with Crippen molar-refractivity contribution in [2.45, 2.75) is 27.2 Å². The summed E-state index contributed by atoms with van der Waals surface area (Å²) in [6, 6.07) is 5.66. The quantitative estimate of drug-likeness (QED) is 0.750. The van der Waals surface area contributed by atoms with Crippen molar-refractivity contribution in [3.63, 3.8) is 0 Å². The molecule has 2 nitrogen and oxygen atoms in total. The molecule has 1 heterocycles. The molecule has 0 radical (unpaired) electrons. The average Bonchev–Trinajstić information content (AvgIpc) is 2.65. The molecule has 2 aromatic rings. The Morgan fingerprint density at radius 3 is 2.67 bits per heavy atom. The number of carbonyl (C=O) groups excluding carboxylic acids is 1. The van der Waals surface area contributed by atoms with Crippen molar-refractivity contribution in [1.29, 1.82) is 0 Å². The first-order chi connectivity index (χ1) is 8.36. The maximum Gasteiger partial charge on any atom is 0.170 e. The fourth-order valence-electron chi connectivity index (χ4n) is 2.06. The second kappa shape index (κ2) is 4.43. The van der Waals surface area contributed by atoms with Crippen LogP contribution in [0.2, 0.25) is 5.02 Å². The summed E-state index contributed by atoms with van der Waals surface area (Å²) in [6.45, 7) is 6.02. The first-order valence-electron chi connectivity index (χ1n) is 6.16. The SMILES string of the molecule is CCC(C)(C)C(=O)c1cn(C)c2cc(Cl)ccc12. The number of carbonyl (C=O) groups is 1. The van der Waals surface area contributed by atoms with Gasteiger partial charge >= 0.3 is 0 Å². The predicted molar refractivity (Wildman–Crippen MR) is 76.3 cm³/mol. The van der Waals surface area contributed by atoms with Gasteiger partial charge in [-0.15, -0.1) is 0 Å². The number of aryl methyl sites for hydroxylation is 1. The van der Waals surface area contributed by atoms with Gasteiger partial charge in [-0.2, -0.15) is 0 Å². The molecule has 0 aliphatic rings. The van der Waals surface area contributed by atoms with Gasteiger partial charge in [-0.25, -0.2) is 0 Å². The molecule has 0 aliphatic heterocycles. The van der Waals surface area contributed by atoms with E-state index in [-0.39, 0.29) is 11.2 Å². The minimum absolute atomic E-state index is 0.193. The van der Waals surface area contributed by atoms with Crippen molar-refractivity contribution in [2.75, 3.05) is 0 Å². The number of nitrogens with zero attached hydrogens (tertiary/aromatic N) is 1. The summed E-state index contributed by atoms with van der Waals surface area (Å²) in [6.07, 6.45) is 2.73. The summed E-state index contributed by atoms with van der Waals surface area (Å²) in [5.41, 5.74) is 1.46. The van der Waals surface area contributed by atoms with Crippen LogP contribution in [0.4, 0.5) is 0 Å². The van der Waals surface area contributed by atoms with Gasteiger partial charge < -0.3 is 4.57 Å². The number of aromatic nitrogens is 1. The summed E-state index contributed by atoms with van der Waals surface area (Å²) in [5, 5.41) is 1.67. The van der Waals surface area contributed by atoms with Crippen LogP contribution in [-0.4, -0.2) is 10.4 Å². The van der Waals surface area contributed by atoms with Crippen LogP contribution in [0.1, 0.15) is 37.6 Å². The Kier molecular flexibility index (Phi) is 3.24. The molecule has 18 heavy (non-hydrogen) atoms. The molecule has 0 saturated heterocycles. The smallest absolute Gasteiger partial charge is 0.170 e. The number of ketones is 1. The molecule has 0 amide bonds. The molecule has 2 rings (SSSR count). The molecule has 0 atom stereocenters. The van der Waals surface area contributed by atoms with Gasteiger partial charge in [-0.05, 0) is 18.6 Å². The lowest BCUT2D eigenvalue weighted by atomic mass is 9.82. The van der Waals surface area contributed by atoms with Crippen LogP contribution in [0.15, 0.2) is 24.4 Å². The second-order valence-electron chi connectivity index (χ2n) is 5.38. The van der Waals surface area contributed by atoms with Crippen molar-refractivity contribution in [1.82, 2.24) is 4.57 Å². The Morgan fingerprint density at radius 2 is 2.06 bits per heavy atom. The zero-order valence-electron chi connectivity index (χ0n) is 11.2. The zero-order chi connectivity index (χ0) is 13.5. The standard InChI is InChI=1S/C15H18ClNO/c1-5-15(2,3)14(18)12-9-17(4)13-8-10(16)6-7-11(12)13/h6-9H,5H2,1-4H3. The normalized spacial score (nSPS) is 12.1. The first kappa shape index (κ1) is 13.2. The maximum absolute atomic E-state index is 12.6. The number of rotatable bonds is 3. The van der Waals surface area contributed by atoms with Crippen LogP contribution < -0.4 is 0 Å². The Bertz CT molecular complexity index is 610. The van der Waals surface area contributed by atoms with Crippen LogP contribution in [0, 0.1) is 5.41 Å². The van der Waals surface area contributed by atoms with Gasteiger partial charge in [0.25, 0.3) is 0 Å². The van der Waals surface area contributed by atoms with E-state index in [1.165, 1.54) is 0 Å². The van der Waals surface area contributed by atoms with Crippen molar-refractivity contribution >= 4 is 28.3 Å². The third kappa shape index (κ3) is 2.05. The van der Waals surface area contributed by atoms with Crippen molar-refractivity contribution < 1.29 is 4.79 Å². The summed E-state index contributed by atoms with van der Waals surface area (Å²) >= 11 is 6.00. The number of hydrogen-bond acceptors (Lipinski definition) is 1. The summed E-state index contributed by atoms with van der Waals surface area (Å²) < 4.78 is 1.96. The summed E-state index contributed by atoms with van der Waals surface area (Å²) in [4.78, 5) is 12.6. The summed E-state index contributed by atoms with van der Waals surface area (Å²) in [7, 11) is 1.94. The van der Waals surface area contributed by atoms with E-state index in [0.717, 1.165) is 22.9 Å². The lowest BCUT2D eigenvalue weighted by Gasteiger charge is -2.20. The molecule has 3 heteroatoms. The van der Waals surface area contributed by atoms with Gasteiger partial charge in [0.15, 0.2) is 5.78 Å². The van der Waals surface area contributed by atoms with E-state index in [2.05, 4.69) is 0 Å². The van der Waals surface area contributed by atoms with Gasteiger partial charge in [0.2, 0.25) is 0 Å². The number of halogens is 1. The molecule has 1 aromatic carbocycles. The zero-order valence-corrected chi connectivity index (χ0v) is 12.0.